The predicted octanol–water partition coefficient (Wildman–Crippen LogP) is 4.56. The van der Waals surface area contributed by atoms with Gasteiger partial charge in [-0.1, -0.05) is 32.9 Å². The van der Waals surface area contributed by atoms with E-state index < -0.39 is 5.97 Å². The Labute approximate surface area is 175 Å². The summed E-state index contributed by atoms with van der Waals surface area (Å²) in [7, 11) is 0. The molecule has 0 aliphatic carbocycles. The van der Waals surface area contributed by atoms with Gasteiger partial charge >= 0.3 is 5.97 Å². The average Bonchev–Trinajstić information content (AvgIpc) is 2.66. The minimum atomic E-state index is -1.22. The second kappa shape index (κ2) is 9.05. The molecule has 0 saturated carbocycles. The van der Waals surface area contributed by atoms with E-state index in [-0.39, 0.29) is 17.0 Å². The number of nitrogens with one attached hydrogen (secondary N) is 2. The number of amides is 1. The van der Waals surface area contributed by atoms with E-state index in [1.807, 2.05) is 25.3 Å². The smallest absolute Gasteiger partial charge is 0.353 e. The van der Waals surface area contributed by atoms with Crippen LogP contribution in [0.4, 0.5) is 11.4 Å². The van der Waals surface area contributed by atoms with E-state index in [0.29, 0.717) is 11.3 Å². The number of carboxylic acids is 1. The second-order valence-corrected chi connectivity index (χ2v) is 8.55. The Morgan fingerprint density at radius 3 is 2.38 bits per heavy atom. The number of nitrogens with two attached hydrogens (primary N) is 1. The van der Waals surface area contributed by atoms with Gasteiger partial charge in [-0.15, -0.1) is 11.8 Å². The Morgan fingerprint density at radius 2 is 1.79 bits per heavy atom. The molecule has 29 heavy (non-hydrogen) atoms. The first-order valence-electron chi connectivity index (χ1n) is 9.09. The molecule has 1 amide bonds. The Hall–Kier alpha value is -2.93. The van der Waals surface area contributed by atoms with Gasteiger partial charge in [0, 0.05) is 22.3 Å². The van der Waals surface area contributed by atoms with Crippen molar-refractivity contribution in [3.05, 3.63) is 65.0 Å². The molecule has 0 heterocycles. The van der Waals surface area contributed by atoms with Gasteiger partial charge in [0.2, 0.25) is 0 Å². The first-order valence-corrected chi connectivity index (χ1v) is 10.3. The number of carbonyl (C=O) groups is 2. The van der Waals surface area contributed by atoms with E-state index in [4.69, 9.17) is 10.8 Å². The zero-order chi connectivity index (χ0) is 21.8. The van der Waals surface area contributed by atoms with Crippen LogP contribution in [0.15, 0.2) is 53.2 Å². The molecule has 0 aliphatic rings. The van der Waals surface area contributed by atoms with Crippen LogP contribution in [-0.4, -0.2) is 23.2 Å². The van der Waals surface area contributed by atoms with E-state index in [9.17, 15) is 9.59 Å². The average molecular weight is 414 g/mol. The molecule has 0 bridgehead atoms. The highest BCUT2D eigenvalue weighted by atomic mass is 32.2. The number of carboxylic acid groups (broad SMARTS) is 1. The van der Waals surface area contributed by atoms with E-state index in [2.05, 4.69) is 37.5 Å². The Bertz CT molecular complexity index is 962. The van der Waals surface area contributed by atoms with Crippen LogP contribution in [0.5, 0.6) is 0 Å². The lowest BCUT2D eigenvalue weighted by Crippen LogP contribution is -2.16. The zero-order valence-corrected chi connectivity index (χ0v) is 18.1. The fourth-order valence-corrected chi connectivity index (χ4v) is 3.14. The molecule has 5 N–H and O–H groups in total. The SMILES string of the molecule is CSc1ccc(C(C)(C)C)cc1NC(=O)c1ccc(C)c(N/C=C(\N)C(=O)O)c1. The van der Waals surface area contributed by atoms with Gasteiger partial charge in [0.05, 0.1) is 5.69 Å². The van der Waals surface area contributed by atoms with E-state index in [1.165, 1.54) is 6.20 Å². The highest BCUT2D eigenvalue weighted by Gasteiger charge is 2.17. The molecular weight excluding hydrogens is 386 g/mol. The molecular formula is C22H27N3O3S. The molecule has 2 aromatic carbocycles. The van der Waals surface area contributed by atoms with E-state index in [1.54, 1.807) is 30.0 Å². The molecule has 2 aromatic rings. The minimum Gasteiger partial charge on any atom is -0.477 e. The summed E-state index contributed by atoms with van der Waals surface area (Å²) < 4.78 is 0. The Morgan fingerprint density at radius 1 is 1.10 bits per heavy atom. The third-order valence-corrected chi connectivity index (χ3v) is 5.24. The molecule has 154 valence electrons. The number of carbonyl (C=O) groups excluding carboxylic acids is 1. The molecule has 0 radical (unpaired) electrons. The summed E-state index contributed by atoms with van der Waals surface area (Å²) in [6.07, 6.45) is 3.17. The normalized spacial score (nSPS) is 11.8. The van der Waals surface area contributed by atoms with E-state index in [0.717, 1.165) is 21.7 Å². The quantitative estimate of drug-likeness (QED) is 0.409. The summed E-state index contributed by atoms with van der Waals surface area (Å²) in [5.74, 6) is -1.46. The number of anilines is 2. The molecule has 6 nitrogen and oxygen atoms in total. The van der Waals surface area contributed by atoms with Crippen LogP contribution < -0.4 is 16.4 Å². The monoisotopic (exact) mass is 413 g/mol. The van der Waals surface area contributed by atoms with Crippen molar-refractivity contribution >= 4 is 35.0 Å². The summed E-state index contributed by atoms with van der Waals surface area (Å²) in [6, 6.07) is 11.3. The molecule has 0 spiro atoms. The fourth-order valence-electron chi connectivity index (χ4n) is 2.60. The molecule has 0 fully saturated rings. The van der Waals surface area contributed by atoms with Crippen molar-refractivity contribution in [1.82, 2.24) is 0 Å². The van der Waals surface area contributed by atoms with Gasteiger partial charge in [0.15, 0.2) is 0 Å². The van der Waals surface area contributed by atoms with Crippen molar-refractivity contribution < 1.29 is 14.7 Å². The van der Waals surface area contributed by atoms with Crippen LogP contribution in [0.1, 0.15) is 42.3 Å². The number of aryl methyl sites for hydroxylation is 1. The lowest BCUT2D eigenvalue weighted by Gasteiger charge is -2.21. The van der Waals surface area contributed by atoms with Crippen molar-refractivity contribution in [2.45, 2.75) is 38.0 Å². The summed E-state index contributed by atoms with van der Waals surface area (Å²) in [5.41, 5.74) is 8.87. The lowest BCUT2D eigenvalue weighted by molar-refractivity contribution is -0.132. The maximum Gasteiger partial charge on any atom is 0.353 e. The molecule has 2 rings (SSSR count). The van der Waals surface area contributed by atoms with Gasteiger partial charge in [-0.05, 0) is 54.0 Å². The molecule has 7 heteroatoms. The molecule has 0 saturated heterocycles. The highest BCUT2D eigenvalue weighted by molar-refractivity contribution is 7.98. The Balaban J connectivity index is 2.31. The predicted molar refractivity (Wildman–Crippen MR) is 120 cm³/mol. The number of rotatable bonds is 6. The number of thioether (sulfide) groups is 1. The summed E-state index contributed by atoms with van der Waals surface area (Å²) in [6.45, 7) is 8.23. The van der Waals surface area contributed by atoms with Gasteiger partial charge in [0.25, 0.3) is 5.91 Å². The van der Waals surface area contributed by atoms with Crippen LogP contribution in [0, 0.1) is 6.92 Å². The second-order valence-electron chi connectivity index (χ2n) is 7.70. The first-order chi connectivity index (χ1) is 13.5. The topological polar surface area (TPSA) is 104 Å². The summed E-state index contributed by atoms with van der Waals surface area (Å²) in [4.78, 5) is 24.7. The summed E-state index contributed by atoms with van der Waals surface area (Å²) in [5, 5.41) is 14.7. The van der Waals surface area contributed by atoms with Crippen LogP contribution >= 0.6 is 11.8 Å². The number of aliphatic carboxylic acids is 1. The van der Waals surface area contributed by atoms with Gasteiger partial charge in [-0.3, -0.25) is 4.79 Å². The van der Waals surface area contributed by atoms with Crippen molar-refractivity contribution in [3.8, 4) is 0 Å². The first kappa shape index (κ1) is 22.4. The van der Waals surface area contributed by atoms with Gasteiger partial charge in [-0.2, -0.15) is 0 Å². The minimum absolute atomic E-state index is 0.0340. The van der Waals surface area contributed by atoms with Crippen molar-refractivity contribution in [1.29, 1.82) is 0 Å². The third-order valence-electron chi connectivity index (χ3n) is 4.44. The molecule has 0 unspecified atom stereocenters. The van der Waals surface area contributed by atoms with Crippen LogP contribution in [0.25, 0.3) is 0 Å². The maximum atomic E-state index is 12.9. The van der Waals surface area contributed by atoms with Gasteiger partial charge in [-0.25, -0.2) is 4.79 Å². The third kappa shape index (κ3) is 5.77. The van der Waals surface area contributed by atoms with Crippen LogP contribution in [-0.2, 0) is 10.2 Å². The lowest BCUT2D eigenvalue weighted by atomic mass is 9.87. The van der Waals surface area contributed by atoms with Gasteiger partial charge in [0.1, 0.15) is 5.70 Å². The van der Waals surface area contributed by atoms with Crippen molar-refractivity contribution in [2.75, 3.05) is 16.9 Å². The number of benzene rings is 2. The maximum absolute atomic E-state index is 12.9. The summed E-state index contributed by atoms with van der Waals surface area (Å²) >= 11 is 1.57. The number of hydrogen-bond acceptors (Lipinski definition) is 5. The molecule has 0 aliphatic heterocycles. The fraction of sp³-hybridized carbons (Fsp3) is 0.273. The highest BCUT2D eigenvalue weighted by Crippen LogP contribution is 2.32. The van der Waals surface area contributed by atoms with Crippen molar-refractivity contribution in [2.24, 2.45) is 5.73 Å². The molecule has 0 aromatic heterocycles. The van der Waals surface area contributed by atoms with E-state index >= 15 is 0 Å². The van der Waals surface area contributed by atoms with Crippen molar-refractivity contribution in [3.63, 3.8) is 0 Å². The molecule has 0 atom stereocenters. The van der Waals surface area contributed by atoms with Crippen LogP contribution in [0.3, 0.4) is 0 Å². The largest absolute Gasteiger partial charge is 0.477 e. The Kier molecular flexibility index (Phi) is 6.97. The zero-order valence-electron chi connectivity index (χ0n) is 17.3. The standard InChI is InChI=1S/C22H27N3O3S/c1-13-6-7-14(10-17(13)24-12-16(23)21(27)28)20(26)25-18-11-15(22(2,3)4)8-9-19(18)29-5/h6-12,24H,23H2,1-5H3,(H,25,26)(H,27,28)/b16-12-. The number of hydrogen-bond donors (Lipinski definition) is 4. The van der Waals surface area contributed by atoms with Crippen LogP contribution in [0.2, 0.25) is 0 Å². The van der Waals surface area contributed by atoms with Gasteiger partial charge < -0.3 is 21.5 Å².